The van der Waals surface area contributed by atoms with E-state index in [9.17, 15) is 0 Å². The second-order valence-corrected chi connectivity index (χ2v) is 6.53. The largest absolute Gasteiger partial charge is 0.390 e. The number of fused-ring (bicyclic) bond motifs is 1. The van der Waals surface area contributed by atoms with Gasteiger partial charge >= 0.3 is 0 Å². The van der Waals surface area contributed by atoms with Crippen molar-refractivity contribution in [2.75, 3.05) is 5.73 Å². The third-order valence-electron chi connectivity index (χ3n) is 3.66. The van der Waals surface area contributed by atoms with Gasteiger partial charge in [-0.3, -0.25) is 0 Å². The minimum atomic E-state index is 0.727. The second kappa shape index (κ2) is 4.79. The molecule has 0 saturated carbocycles. The van der Waals surface area contributed by atoms with Gasteiger partial charge in [0.05, 0.1) is 21.6 Å². The van der Waals surface area contributed by atoms with Gasteiger partial charge in [0.2, 0.25) is 0 Å². The lowest BCUT2D eigenvalue weighted by Gasteiger charge is -2.07. The Morgan fingerprint density at radius 2 is 2.10 bits per heavy atom. The van der Waals surface area contributed by atoms with Crippen LogP contribution < -0.4 is 5.73 Å². The van der Waals surface area contributed by atoms with Crippen molar-refractivity contribution in [2.24, 2.45) is 0 Å². The molecule has 2 aromatic heterocycles. The number of aromatic nitrogens is 2. The number of hydrogen-bond acceptors (Lipinski definition) is 3. The van der Waals surface area contributed by atoms with E-state index in [1.54, 1.807) is 11.3 Å². The maximum Gasteiger partial charge on any atom is 0.144 e. The molecule has 0 saturated heterocycles. The van der Waals surface area contributed by atoms with E-state index in [-0.39, 0.29) is 0 Å². The fraction of sp³-hybridized carbons (Fsp3) is 0.267. The number of nitrogens with zero attached hydrogens (tertiary/aromatic N) is 2. The summed E-state index contributed by atoms with van der Waals surface area (Å²) in [5.74, 6) is 0.934. The lowest BCUT2D eigenvalue weighted by atomic mass is 10.1. The number of rotatable bonds is 2. The number of thiophene rings is 1. The number of benzene rings is 1. The topological polar surface area (TPSA) is 43.8 Å². The van der Waals surface area contributed by atoms with Crippen LogP contribution in [0.15, 0.2) is 18.2 Å². The van der Waals surface area contributed by atoms with Gasteiger partial charge in [0, 0.05) is 16.4 Å². The molecule has 0 aliphatic heterocycles. The van der Waals surface area contributed by atoms with Gasteiger partial charge < -0.3 is 10.3 Å². The Hall–Kier alpha value is -1.52. The minimum absolute atomic E-state index is 0.727. The Morgan fingerprint density at radius 3 is 2.70 bits per heavy atom. The first-order chi connectivity index (χ1) is 9.52. The van der Waals surface area contributed by atoms with Gasteiger partial charge in [-0.05, 0) is 44.5 Å². The quantitative estimate of drug-likeness (QED) is 0.749. The van der Waals surface area contributed by atoms with E-state index in [1.165, 1.54) is 10.4 Å². The van der Waals surface area contributed by atoms with Gasteiger partial charge in [0.15, 0.2) is 0 Å². The van der Waals surface area contributed by atoms with Gasteiger partial charge in [0.25, 0.3) is 0 Å². The molecule has 3 aromatic rings. The average molecular weight is 306 g/mol. The molecular formula is C15H16ClN3S. The lowest BCUT2D eigenvalue weighted by Crippen LogP contribution is -1.99. The molecule has 0 spiro atoms. The Morgan fingerprint density at radius 1 is 1.35 bits per heavy atom. The molecule has 0 bridgehead atoms. The zero-order chi connectivity index (χ0) is 14.4. The molecule has 0 atom stereocenters. The van der Waals surface area contributed by atoms with Crippen molar-refractivity contribution in [3.05, 3.63) is 33.7 Å². The number of hydrogen-bond donors (Lipinski definition) is 1. The van der Waals surface area contributed by atoms with Crippen LogP contribution >= 0.6 is 22.9 Å². The van der Waals surface area contributed by atoms with Crippen LogP contribution in [0.25, 0.3) is 22.4 Å². The molecule has 2 heterocycles. The van der Waals surface area contributed by atoms with Crippen LogP contribution in [-0.4, -0.2) is 9.55 Å². The first kappa shape index (κ1) is 13.5. The van der Waals surface area contributed by atoms with Crippen molar-refractivity contribution in [3.63, 3.8) is 0 Å². The van der Waals surface area contributed by atoms with Crippen molar-refractivity contribution in [1.29, 1.82) is 0 Å². The van der Waals surface area contributed by atoms with E-state index in [4.69, 9.17) is 22.3 Å². The van der Waals surface area contributed by atoms with Crippen LogP contribution in [0.1, 0.15) is 17.4 Å². The zero-order valence-corrected chi connectivity index (χ0v) is 13.3. The third-order valence-corrected chi connectivity index (χ3v) is 4.93. The number of nitrogen functional groups attached to an aromatic ring is 1. The molecule has 0 aliphatic carbocycles. The molecule has 5 heteroatoms. The number of nitrogens with two attached hydrogens (primary N) is 1. The highest BCUT2D eigenvalue weighted by Gasteiger charge is 2.19. The van der Waals surface area contributed by atoms with Crippen LogP contribution in [0.2, 0.25) is 5.02 Å². The highest BCUT2D eigenvalue weighted by molar-refractivity contribution is 7.16. The van der Waals surface area contributed by atoms with Crippen molar-refractivity contribution in [1.82, 2.24) is 9.55 Å². The predicted octanol–water partition coefficient (Wildman–Crippen LogP) is 4.64. The summed E-state index contributed by atoms with van der Waals surface area (Å²) in [5, 5.41) is 1.56. The average Bonchev–Trinajstić information content (AvgIpc) is 2.87. The molecule has 0 aliphatic rings. The Bertz CT molecular complexity index is 801. The second-order valence-electron chi connectivity index (χ2n) is 4.84. The van der Waals surface area contributed by atoms with Gasteiger partial charge in [-0.2, -0.15) is 0 Å². The van der Waals surface area contributed by atoms with E-state index in [0.717, 1.165) is 39.0 Å². The van der Waals surface area contributed by atoms with Crippen LogP contribution in [0, 0.1) is 13.8 Å². The van der Waals surface area contributed by atoms with Gasteiger partial charge in [-0.25, -0.2) is 4.98 Å². The van der Waals surface area contributed by atoms with Crippen molar-refractivity contribution in [2.45, 2.75) is 27.3 Å². The van der Waals surface area contributed by atoms with Crippen LogP contribution in [0.3, 0.4) is 0 Å². The normalized spacial score (nSPS) is 11.4. The summed E-state index contributed by atoms with van der Waals surface area (Å²) in [7, 11) is 0. The monoisotopic (exact) mass is 305 g/mol. The standard InChI is InChI=1S/C15H16ClN3S/c1-4-19-12-7-10(16)5-6-11(12)18-15(19)13-8(2)9(3)20-14(13)17/h5-7H,4,17H2,1-3H3. The fourth-order valence-electron chi connectivity index (χ4n) is 2.54. The highest BCUT2D eigenvalue weighted by Crippen LogP contribution is 2.39. The van der Waals surface area contributed by atoms with Crippen molar-refractivity contribution < 1.29 is 0 Å². The number of anilines is 1. The maximum atomic E-state index is 6.19. The zero-order valence-electron chi connectivity index (χ0n) is 11.7. The van der Waals surface area contributed by atoms with E-state index in [2.05, 4.69) is 25.3 Å². The SMILES string of the molecule is CCn1c(-c2c(N)sc(C)c2C)nc2ccc(Cl)cc21. The molecule has 0 amide bonds. The molecular weight excluding hydrogens is 290 g/mol. The van der Waals surface area contributed by atoms with Crippen LogP contribution in [-0.2, 0) is 6.54 Å². The summed E-state index contributed by atoms with van der Waals surface area (Å²) in [5.41, 5.74) is 10.5. The summed E-state index contributed by atoms with van der Waals surface area (Å²) in [6, 6.07) is 5.79. The molecule has 3 nitrogen and oxygen atoms in total. The minimum Gasteiger partial charge on any atom is -0.390 e. The molecule has 3 rings (SSSR count). The number of aryl methyl sites for hydroxylation is 2. The molecule has 0 fully saturated rings. The van der Waals surface area contributed by atoms with Crippen molar-refractivity contribution >= 4 is 39.0 Å². The van der Waals surface area contributed by atoms with E-state index < -0.39 is 0 Å². The molecule has 1 aromatic carbocycles. The van der Waals surface area contributed by atoms with E-state index in [1.807, 2.05) is 18.2 Å². The lowest BCUT2D eigenvalue weighted by molar-refractivity contribution is 0.796. The van der Waals surface area contributed by atoms with Gasteiger partial charge in [-0.15, -0.1) is 11.3 Å². The summed E-state index contributed by atoms with van der Waals surface area (Å²) in [6.45, 7) is 7.13. The Balaban J connectivity index is 2.36. The maximum absolute atomic E-state index is 6.19. The Labute approximate surface area is 127 Å². The molecule has 2 N–H and O–H groups in total. The first-order valence-electron chi connectivity index (χ1n) is 6.54. The van der Waals surface area contributed by atoms with E-state index in [0.29, 0.717) is 0 Å². The summed E-state index contributed by atoms with van der Waals surface area (Å²) in [6.07, 6.45) is 0. The highest BCUT2D eigenvalue weighted by atomic mass is 35.5. The predicted molar refractivity (Wildman–Crippen MR) is 87.6 cm³/mol. The molecule has 0 unspecified atom stereocenters. The van der Waals surface area contributed by atoms with Gasteiger partial charge in [-0.1, -0.05) is 11.6 Å². The first-order valence-corrected chi connectivity index (χ1v) is 7.74. The number of halogens is 1. The van der Waals surface area contributed by atoms with Crippen LogP contribution in [0.5, 0.6) is 0 Å². The third kappa shape index (κ3) is 1.91. The number of imidazole rings is 1. The Kier molecular flexibility index (Phi) is 3.22. The summed E-state index contributed by atoms with van der Waals surface area (Å²) in [4.78, 5) is 6.00. The van der Waals surface area contributed by atoms with Gasteiger partial charge in [0.1, 0.15) is 5.82 Å². The van der Waals surface area contributed by atoms with Crippen molar-refractivity contribution in [3.8, 4) is 11.4 Å². The summed E-state index contributed by atoms with van der Waals surface area (Å²) >= 11 is 7.73. The smallest absolute Gasteiger partial charge is 0.144 e. The summed E-state index contributed by atoms with van der Waals surface area (Å²) < 4.78 is 2.17. The molecule has 104 valence electrons. The van der Waals surface area contributed by atoms with Crippen LogP contribution in [0.4, 0.5) is 5.00 Å². The van der Waals surface area contributed by atoms with E-state index >= 15 is 0 Å². The molecule has 20 heavy (non-hydrogen) atoms. The molecule has 0 radical (unpaired) electrons. The fourth-order valence-corrected chi connectivity index (χ4v) is 3.64.